The number of carbonyl (C=O) groups excluding carboxylic acids is 1. The maximum atomic E-state index is 12.4. The van der Waals surface area contributed by atoms with Crippen LogP contribution in [0, 0.1) is 0 Å². The molecule has 4 rings (SSSR count). The first-order valence-corrected chi connectivity index (χ1v) is 8.82. The highest BCUT2D eigenvalue weighted by molar-refractivity contribution is 5.79. The molecule has 1 unspecified atom stereocenters. The smallest absolute Gasteiger partial charge is 0.258 e. The second kappa shape index (κ2) is 7.07. The Bertz CT molecular complexity index is 890. The van der Waals surface area contributed by atoms with Gasteiger partial charge in [0, 0.05) is 43.4 Å². The van der Waals surface area contributed by atoms with E-state index >= 15 is 0 Å². The zero-order chi connectivity index (χ0) is 17.9. The molecule has 1 amide bonds. The second-order valence-corrected chi connectivity index (χ2v) is 6.54. The molecule has 1 atom stereocenters. The molecule has 2 aromatic heterocycles. The van der Waals surface area contributed by atoms with Crippen molar-refractivity contribution in [3.8, 4) is 11.5 Å². The molecule has 0 saturated carbocycles. The number of rotatable bonds is 5. The predicted molar refractivity (Wildman–Crippen MR) is 96.1 cm³/mol. The Morgan fingerprint density at radius 2 is 1.85 bits per heavy atom. The predicted octanol–water partition coefficient (Wildman–Crippen LogP) is 3.21. The Balaban J connectivity index is 1.45. The van der Waals surface area contributed by atoms with Gasteiger partial charge in [-0.3, -0.25) is 9.78 Å². The summed E-state index contributed by atoms with van der Waals surface area (Å²) in [6, 6.07) is 12.1. The Morgan fingerprint density at radius 1 is 1.12 bits per heavy atom. The molecule has 0 spiro atoms. The number of aryl methyl sites for hydroxylation is 1. The number of hydrogen-bond acceptors (Lipinski definition) is 5. The van der Waals surface area contributed by atoms with E-state index in [0.717, 1.165) is 17.5 Å². The van der Waals surface area contributed by atoms with E-state index in [-0.39, 0.29) is 11.8 Å². The highest BCUT2D eigenvalue weighted by Crippen LogP contribution is 2.29. The van der Waals surface area contributed by atoms with Crippen molar-refractivity contribution in [3.63, 3.8) is 0 Å². The maximum Gasteiger partial charge on any atom is 0.258 e. The fraction of sp³-hybridized carbons (Fsp3) is 0.300. The number of hydrogen-bond donors (Lipinski definition) is 0. The van der Waals surface area contributed by atoms with Crippen molar-refractivity contribution in [1.82, 2.24) is 20.0 Å². The summed E-state index contributed by atoms with van der Waals surface area (Å²) in [5, 5.41) is 4.09. The van der Waals surface area contributed by atoms with Gasteiger partial charge in [0.05, 0.1) is 0 Å². The molecule has 6 heteroatoms. The molecular formula is C20H20N4O2. The van der Waals surface area contributed by atoms with Crippen LogP contribution in [0.1, 0.15) is 36.2 Å². The van der Waals surface area contributed by atoms with Gasteiger partial charge in [0.25, 0.3) is 5.89 Å². The summed E-state index contributed by atoms with van der Waals surface area (Å²) in [7, 11) is 0. The van der Waals surface area contributed by atoms with Crippen LogP contribution in [0.5, 0.6) is 0 Å². The van der Waals surface area contributed by atoms with Gasteiger partial charge >= 0.3 is 0 Å². The van der Waals surface area contributed by atoms with Crippen molar-refractivity contribution in [1.29, 1.82) is 0 Å². The Labute approximate surface area is 151 Å². The van der Waals surface area contributed by atoms with E-state index in [4.69, 9.17) is 4.52 Å². The maximum absolute atomic E-state index is 12.4. The standard InChI is InChI=1S/C20H20N4O2/c1-2-14-3-5-15(6-4-14)12-24-13-17(11-18(24)25)19-22-20(26-23-19)16-7-9-21-10-8-16/h3-10,17H,2,11-13H2,1H3. The minimum Gasteiger partial charge on any atom is -0.338 e. The van der Waals surface area contributed by atoms with Gasteiger partial charge in [0.2, 0.25) is 5.91 Å². The van der Waals surface area contributed by atoms with Gasteiger partial charge in [-0.05, 0) is 29.7 Å². The van der Waals surface area contributed by atoms with E-state index in [2.05, 4.69) is 46.3 Å². The van der Waals surface area contributed by atoms with Gasteiger partial charge in [-0.25, -0.2) is 0 Å². The summed E-state index contributed by atoms with van der Waals surface area (Å²) in [4.78, 5) is 22.7. The van der Waals surface area contributed by atoms with Crippen LogP contribution in [-0.4, -0.2) is 32.5 Å². The van der Waals surface area contributed by atoms with Crippen molar-refractivity contribution < 1.29 is 9.32 Å². The number of amides is 1. The van der Waals surface area contributed by atoms with Crippen molar-refractivity contribution in [2.75, 3.05) is 6.54 Å². The molecule has 132 valence electrons. The number of carbonyl (C=O) groups is 1. The lowest BCUT2D eigenvalue weighted by Gasteiger charge is -2.16. The van der Waals surface area contributed by atoms with E-state index in [0.29, 0.717) is 31.2 Å². The van der Waals surface area contributed by atoms with E-state index in [9.17, 15) is 4.79 Å². The first kappa shape index (κ1) is 16.4. The SMILES string of the molecule is CCc1ccc(CN2CC(c3noc(-c4ccncc4)n3)CC2=O)cc1. The summed E-state index contributed by atoms with van der Waals surface area (Å²) in [6.07, 6.45) is 4.80. The molecular weight excluding hydrogens is 328 g/mol. The zero-order valence-electron chi connectivity index (χ0n) is 14.6. The summed E-state index contributed by atoms with van der Waals surface area (Å²) in [6.45, 7) is 3.37. The molecule has 26 heavy (non-hydrogen) atoms. The van der Waals surface area contributed by atoms with Crippen molar-refractivity contribution in [2.45, 2.75) is 32.2 Å². The number of nitrogens with zero attached hydrogens (tertiary/aromatic N) is 4. The highest BCUT2D eigenvalue weighted by atomic mass is 16.5. The average molecular weight is 348 g/mol. The molecule has 0 bridgehead atoms. The zero-order valence-corrected chi connectivity index (χ0v) is 14.6. The van der Waals surface area contributed by atoms with E-state index < -0.39 is 0 Å². The first-order chi connectivity index (χ1) is 12.7. The molecule has 1 aliphatic heterocycles. The van der Waals surface area contributed by atoms with Crippen LogP contribution in [0.25, 0.3) is 11.5 Å². The van der Waals surface area contributed by atoms with Crippen LogP contribution < -0.4 is 0 Å². The summed E-state index contributed by atoms with van der Waals surface area (Å²) < 4.78 is 5.36. The highest BCUT2D eigenvalue weighted by Gasteiger charge is 2.33. The molecule has 3 heterocycles. The summed E-state index contributed by atoms with van der Waals surface area (Å²) in [5.41, 5.74) is 3.27. The number of pyridine rings is 1. The van der Waals surface area contributed by atoms with Gasteiger partial charge in [-0.15, -0.1) is 0 Å². The number of benzene rings is 1. The van der Waals surface area contributed by atoms with Crippen molar-refractivity contribution in [2.24, 2.45) is 0 Å². The third kappa shape index (κ3) is 3.35. The van der Waals surface area contributed by atoms with E-state index in [1.807, 2.05) is 17.0 Å². The molecule has 1 saturated heterocycles. The first-order valence-electron chi connectivity index (χ1n) is 8.82. The largest absolute Gasteiger partial charge is 0.338 e. The third-order valence-corrected chi connectivity index (χ3v) is 4.75. The summed E-state index contributed by atoms with van der Waals surface area (Å²) >= 11 is 0. The lowest BCUT2D eigenvalue weighted by molar-refractivity contribution is -0.128. The van der Waals surface area contributed by atoms with Crippen LogP contribution >= 0.6 is 0 Å². The van der Waals surface area contributed by atoms with Crippen LogP contribution in [0.2, 0.25) is 0 Å². The van der Waals surface area contributed by atoms with E-state index in [1.54, 1.807) is 12.4 Å². The normalized spacial score (nSPS) is 17.0. The second-order valence-electron chi connectivity index (χ2n) is 6.54. The fourth-order valence-corrected chi connectivity index (χ4v) is 3.21. The van der Waals surface area contributed by atoms with Gasteiger partial charge in [-0.1, -0.05) is 36.3 Å². The van der Waals surface area contributed by atoms with Gasteiger partial charge in [0.1, 0.15) is 0 Å². The molecule has 3 aromatic rings. The molecule has 0 aliphatic carbocycles. The lowest BCUT2D eigenvalue weighted by atomic mass is 10.1. The third-order valence-electron chi connectivity index (χ3n) is 4.75. The van der Waals surface area contributed by atoms with E-state index in [1.165, 1.54) is 5.56 Å². The Hall–Kier alpha value is -3.02. The fourth-order valence-electron chi connectivity index (χ4n) is 3.21. The van der Waals surface area contributed by atoms with Gasteiger partial charge < -0.3 is 9.42 Å². The van der Waals surface area contributed by atoms with Gasteiger partial charge in [0.15, 0.2) is 5.82 Å². The van der Waals surface area contributed by atoms with Crippen molar-refractivity contribution in [3.05, 3.63) is 65.7 Å². The number of aromatic nitrogens is 3. The summed E-state index contributed by atoms with van der Waals surface area (Å²) in [5.74, 6) is 1.15. The van der Waals surface area contributed by atoms with Crippen LogP contribution in [0.3, 0.4) is 0 Å². The van der Waals surface area contributed by atoms with Crippen LogP contribution in [-0.2, 0) is 17.8 Å². The topological polar surface area (TPSA) is 72.1 Å². The molecule has 6 nitrogen and oxygen atoms in total. The lowest BCUT2D eigenvalue weighted by Crippen LogP contribution is -2.24. The molecule has 1 aromatic carbocycles. The minimum absolute atomic E-state index is 0.0308. The monoisotopic (exact) mass is 348 g/mol. The molecule has 0 N–H and O–H groups in total. The quantitative estimate of drug-likeness (QED) is 0.708. The number of likely N-dealkylation sites (tertiary alicyclic amines) is 1. The molecule has 0 radical (unpaired) electrons. The van der Waals surface area contributed by atoms with Crippen molar-refractivity contribution >= 4 is 5.91 Å². The Morgan fingerprint density at radius 3 is 2.58 bits per heavy atom. The Kier molecular flexibility index (Phi) is 4.48. The minimum atomic E-state index is -0.0308. The average Bonchev–Trinajstić information content (AvgIpc) is 3.31. The molecule has 1 aliphatic rings. The molecule has 1 fully saturated rings. The van der Waals surface area contributed by atoms with Crippen LogP contribution in [0.15, 0.2) is 53.3 Å². The van der Waals surface area contributed by atoms with Gasteiger partial charge in [-0.2, -0.15) is 4.98 Å². The van der Waals surface area contributed by atoms with Crippen LogP contribution in [0.4, 0.5) is 0 Å².